The Balaban J connectivity index is 2.19. The molecule has 4 nitrogen and oxygen atoms in total. The minimum Gasteiger partial charge on any atom is -0.429 e. The van der Waals surface area contributed by atoms with Gasteiger partial charge in [0, 0.05) is 13.6 Å². The molecule has 11 heavy (non-hydrogen) atoms. The monoisotopic (exact) mass is 157 g/mol. The van der Waals surface area contributed by atoms with E-state index in [1.165, 1.54) is 0 Å². The molecule has 1 saturated heterocycles. The molecule has 1 fully saturated rings. The van der Waals surface area contributed by atoms with Crippen molar-refractivity contribution in [2.24, 2.45) is 0 Å². The summed E-state index contributed by atoms with van der Waals surface area (Å²) in [6.07, 6.45) is 2.50. The molecule has 0 bridgehead atoms. The van der Waals surface area contributed by atoms with Crippen molar-refractivity contribution in [3.63, 3.8) is 0 Å². The number of hydrogen-bond acceptors (Lipinski definition) is 2. The number of rotatable bonds is 1. The molecule has 1 atom stereocenters. The third-order valence-corrected chi connectivity index (χ3v) is 1.64. The third kappa shape index (κ3) is 2.76. The Bertz CT molecular complexity index is 132. The molecule has 0 aromatic rings. The SMILES string of the molecule is CNC(=O)OC1CCCC[N]1. The molecule has 63 valence electrons. The number of carbonyl (C=O) groups is 1. The molecule has 0 saturated carbocycles. The van der Waals surface area contributed by atoms with Gasteiger partial charge in [-0.05, 0) is 19.3 Å². The summed E-state index contributed by atoms with van der Waals surface area (Å²) in [5.74, 6) is 0. The van der Waals surface area contributed by atoms with Gasteiger partial charge in [-0.25, -0.2) is 10.1 Å². The molecular formula is C7H13N2O2. The van der Waals surface area contributed by atoms with Crippen LogP contribution < -0.4 is 10.6 Å². The summed E-state index contributed by atoms with van der Waals surface area (Å²) in [5, 5.41) is 6.53. The third-order valence-electron chi connectivity index (χ3n) is 1.64. The van der Waals surface area contributed by atoms with E-state index in [1.807, 2.05) is 0 Å². The van der Waals surface area contributed by atoms with E-state index >= 15 is 0 Å². The Morgan fingerprint density at radius 1 is 1.64 bits per heavy atom. The van der Waals surface area contributed by atoms with Crippen molar-refractivity contribution >= 4 is 6.09 Å². The molecule has 1 aliphatic rings. The Labute approximate surface area is 66.3 Å². The van der Waals surface area contributed by atoms with Crippen molar-refractivity contribution in [3.05, 3.63) is 0 Å². The number of alkyl carbamates (subject to hydrolysis) is 1. The molecule has 1 amide bonds. The summed E-state index contributed by atoms with van der Waals surface area (Å²) >= 11 is 0. The fourth-order valence-electron chi connectivity index (χ4n) is 1.04. The highest BCUT2D eigenvalue weighted by molar-refractivity contribution is 5.66. The fourth-order valence-corrected chi connectivity index (χ4v) is 1.04. The Morgan fingerprint density at radius 2 is 2.45 bits per heavy atom. The van der Waals surface area contributed by atoms with Crippen LogP contribution in [0.1, 0.15) is 19.3 Å². The van der Waals surface area contributed by atoms with Gasteiger partial charge >= 0.3 is 6.09 Å². The van der Waals surface area contributed by atoms with Crippen LogP contribution in [0.25, 0.3) is 0 Å². The summed E-state index contributed by atoms with van der Waals surface area (Å²) in [4.78, 5) is 10.7. The summed E-state index contributed by atoms with van der Waals surface area (Å²) in [6, 6.07) is 0. The normalized spacial score (nSPS) is 24.3. The lowest BCUT2D eigenvalue weighted by Crippen LogP contribution is -2.35. The van der Waals surface area contributed by atoms with Gasteiger partial charge in [0.1, 0.15) is 0 Å². The van der Waals surface area contributed by atoms with Gasteiger partial charge in [0.05, 0.1) is 0 Å². The van der Waals surface area contributed by atoms with Crippen LogP contribution in [0.2, 0.25) is 0 Å². The first-order chi connectivity index (χ1) is 5.33. The van der Waals surface area contributed by atoms with E-state index in [-0.39, 0.29) is 12.3 Å². The van der Waals surface area contributed by atoms with Crippen molar-refractivity contribution in [2.75, 3.05) is 13.6 Å². The minimum absolute atomic E-state index is 0.205. The first-order valence-electron chi connectivity index (χ1n) is 3.88. The first-order valence-corrected chi connectivity index (χ1v) is 3.88. The van der Waals surface area contributed by atoms with E-state index < -0.39 is 0 Å². The average Bonchev–Trinajstić information content (AvgIpc) is 2.06. The van der Waals surface area contributed by atoms with E-state index in [9.17, 15) is 4.79 Å². The zero-order chi connectivity index (χ0) is 8.10. The van der Waals surface area contributed by atoms with E-state index in [1.54, 1.807) is 7.05 Å². The van der Waals surface area contributed by atoms with Gasteiger partial charge < -0.3 is 10.1 Å². The van der Waals surface area contributed by atoms with E-state index in [0.717, 1.165) is 25.8 Å². The second-order valence-corrected chi connectivity index (χ2v) is 2.51. The van der Waals surface area contributed by atoms with Gasteiger partial charge in [0.15, 0.2) is 6.23 Å². The minimum atomic E-state index is -0.388. The quantitative estimate of drug-likeness (QED) is 0.601. The second kappa shape index (κ2) is 4.18. The standard InChI is InChI=1S/C7H13N2O2/c1-8-7(10)11-6-4-2-3-5-9-6/h6H,2-5H2,1H3,(H,8,10). The van der Waals surface area contributed by atoms with Gasteiger partial charge in [-0.15, -0.1) is 0 Å². The molecule has 1 radical (unpaired) electrons. The number of hydrogen-bond donors (Lipinski definition) is 1. The maximum absolute atomic E-state index is 10.7. The highest BCUT2D eigenvalue weighted by Gasteiger charge is 2.16. The predicted molar refractivity (Wildman–Crippen MR) is 40.2 cm³/mol. The topological polar surface area (TPSA) is 52.4 Å². The number of carbonyl (C=O) groups excluding carboxylic acids is 1. The lowest BCUT2D eigenvalue weighted by Gasteiger charge is -2.20. The van der Waals surface area contributed by atoms with Crippen LogP contribution in [0.5, 0.6) is 0 Å². The van der Waals surface area contributed by atoms with Crippen LogP contribution in [0, 0.1) is 0 Å². The Morgan fingerprint density at radius 3 is 3.00 bits per heavy atom. The summed E-state index contributed by atoms with van der Waals surface area (Å²) < 4.78 is 4.92. The van der Waals surface area contributed by atoms with E-state index in [2.05, 4.69) is 10.6 Å². The molecule has 1 rings (SSSR count). The van der Waals surface area contributed by atoms with Gasteiger partial charge in [-0.2, -0.15) is 0 Å². The molecule has 0 aromatic heterocycles. The highest BCUT2D eigenvalue weighted by atomic mass is 16.6. The molecule has 1 N–H and O–H groups in total. The molecule has 1 heterocycles. The summed E-state index contributed by atoms with van der Waals surface area (Å²) in [6.45, 7) is 0.821. The molecule has 1 unspecified atom stereocenters. The summed E-state index contributed by atoms with van der Waals surface area (Å²) in [5.41, 5.74) is 0. The van der Waals surface area contributed by atoms with Gasteiger partial charge in [-0.3, -0.25) is 0 Å². The van der Waals surface area contributed by atoms with Crippen LogP contribution in [0.15, 0.2) is 0 Å². The zero-order valence-electron chi connectivity index (χ0n) is 6.67. The number of nitrogens with zero attached hydrogens (tertiary/aromatic N) is 1. The predicted octanol–water partition coefficient (Wildman–Crippen LogP) is 0.457. The smallest absolute Gasteiger partial charge is 0.408 e. The molecule has 1 aliphatic heterocycles. The molecule has 4 heteroatoms. The molecule has 0 aromatic carbocycles. The molecule has 0 aliphatic carbocycles. The fraction of sp³-hybridized carbons (Fsp3) is 0.857. The maximum atomic E-state index is 10.7. The van der Waals surface area contributed by atoms with Crippen molar-refractivity contribution in [1.29, 1.82) is 0 Å². The van der Waals surface area contributed by atoms with E-state index in [4.69, 9.17) is 4.74 Å². The molecule has 0 spiro atoms. The van der Waals surface area contributed by atoms with Gasteiger partial charge in [-0.1, -0.05) is 0 Å². The van der Waals surface area contributed by atoms with Crippen LogP contribution in [0.3, 0.4) is 0 Å². The zero-order valence-corrected chi connectivity index (χ0v) is 6.67. The van der Waals surface area contributed by atoms with Gasteiger partial charge in [0.25, 0.3) is 0 Å². The van der Waals surface area contributed by atoms with Crippen LogP contribution in [0.4, 0.5) is 4.79 Å². The molecular weight excluding hydrogens is 144 g/mol. The number of nitrogens with one attached hydrogen (secondary N) is 1. The highest BCUT2D eigenvalue weighted by Crippen LogP contribution is 2.09. The van der Waals surface area contributed by atoms with Crippen LogP contribution >= 0.6 is 0 Å². The van der Waals surface area contributed by atoms with Gasteiger partial charge in [0.2, 0.25) is 0 Å². The number of amides is 1. The van der Waals surface area contributed by atoms with Crippen molar-refractivity contribution < 1.29 is 9.53 Å². The lowest BCUT2D eigenvalue weighted by atomic mass is 10.1. The van der Waals surface area contributed by atoms with Crippen LogP contribution in [-0.4, -0.2) is 25.9 Å². The van der Waals surface area contributed by atoms with Crippen LogP contribution in [-0.2, 0) is 4.74 Å². The number of piperidine rings is 1. The Kier molecular flexibility index (Phi) is 3.16. The Hall–Kier alpha value is -0.770. The first kappa shape index (κ1) is 8.33. The second-order valence-electron chi connectivity index (χ2n) is 2.51. The van der Waals surface area contributed by atoms with E-state index in [0.29, 0.717) is 0 Å². The van der Waals surface area contributed by atoms with Crippen molar-refractivity contribution in [3.8, 4) is 0 Å². The van der Waals surface area contributed by atoms with Crippen molar-refractivity contribution in [2.45, 2.75) is 25.5 Å². The number of ether oxygens (including phenoxy) is 1. The van der Waals surface area contributed by atoms with Crippen molar-refractivity contribution in [1.82, 2.24) is 10.6 Å². The average molecular weight is 157 g/mol. The maximum Gasteiger partial charge on any atom is 0.408 e. The largest absolute Gasteiger partial charge is 0.429 e. The summed E-state index contributed by atoms with van der Waals surface area (Å²) in [7, 11) is 1.55. The lowest BCUT2D eigenvalue weighted by molar-refractivity contribution is 0.0600.